The van der Waals surface area contributed by atoms with Crippen LogP contribution in [0.1, 0.15) is 38.8 Å². The molecule has 3 aromatic rings. The van der Waals surface area contributed by atoms with Crippen LogP contribution in [0.4, 0.5) is 14.9 Å². The van der Waals surface area contributed by atoms with Crippen LogP contribution in [0, 0.1) is 5.82 Å². The normalized spacial score (nSPS) is 11.9. The van der Waals surface area contributed by atoms with Gasteiger partial charge < -0.3 is 25.4 Å². The number of carbonyl (C=O) groups is 2. The van der Waals surface area contributed by atoms with Gasteiger partial charge in [-0.15, -0.1) is 0 Å². The van der Waals surface area contributed by atoms with Gasteiger partial charge in [-0.25, -0.2) is 9.18 Å². The molecule has 0 aliphatic heterocycles. The summed E-state index contributed by atoms with van der Waals surface area (Å²) in [6.07, 6.45) is -0.0565. The summed E-state index contributed by atoms with van der Waals surface area (Å²) in [5.74, 6) is 0.323. The van der Waals surface area contributed by atoms with Crippen LogP contribution in [-0.2, 0) is 22.5 Å². The zero-order valence-electron chi connectivity index (χ0n) is 21.9. The highest BCUT2D eigenvalue weighted by atomic mass is 35.5. The number of benzene rings is 3. The van der Waals surface area contributed by atoms with Crippen LogP contribution in [-0.4, -0.2) is 30.2 Å². The van der Waals surface area contributed by atoms with Crippen molar-refractivity contribution in [1.29, 1.82) is 0 Å². The van der Waals surface area contributed by atoms with Crippen molar-refractivity contribution >= 4 is 29.3 Å². The number of hydrogen-bond acceptors (Lipinski definition) is 5. The molecule has 3 aromatic carbocycles. The van der Waals surface area contributed by atoms with Gasteiger partial charge in [0.15, 0.2) is 5.75 Å². The third-order valence-electron chi connectivity index (χ3n) is 5.36. The zero-order chi connectivity index (χ0) is 27.7. The van der Waals surface area contributed by atoms with E-state index in [4.69, 9.17) is 21.1 Å². The lowest BCUT2D eigenvalue weighted by Crippen LogP contribution is -2.39. The van der Waals surface area contributed by atoms with Crippen LogP contribution >= 0.6 is 11.6 Å². The fourth-order valence-electron chi connectivity index (χ4n) is 3.48. The van der Waals surface area contributed by atoms with Gasteiger partial charge in [-0.1, -0.05) is 41.9 Å². The van der Waals surface area contributed by atoms with E-state index in [1.165, 1.54) is 6.07 Å². The minimum atomic E-state index is -0.588. The van der Waals surface area contributed by atoms with E-state index in [9.17, 15) is 14.0 Å². The van der Waals surface area contributed by atoms with Crippen molar-refractivity contribution in [3.8, 4) is 11.5 Å². The van der Waals surface area contributed by atoms with Crippen molar-refractivity contribution in [3.63, 3.8) is 0 Å². The number of alkyl carbamates (subject to hydrolysis) is 1. The monoisotopic (exact) mass is 541 g/mol. The number of carbonyl (C=O) groups excluding carboxylic acids is 2. The molecule has 0 aliphatic carbocycles. The molecule has 0 heterocycles. The first kappa shape index (κ1) is 28.9. The molecule has 0 aliphatic rings. The summed E-state index contributed by atoms with van der Waals surface area (Å²) in [7, 11) is 0. The van der Waals surface area contributed by atoms with Crippen molar-refractivity contribution in [1.82, 2.24) is 10.6 Å². The van der Waals surface area contributed by atoms with E-state index >= 15 is 0 Å². The lowest BCUT2D eigenvalue weighted by Gasteiger charge is -2.19. The van der Waals surface area contributed by atoms with E-state index in [0.29, 0.717) is 40.7 Å². The number of hydrogen-bond donors (Lipinski definition) is 3. The Morgan fingerprint density at radius 2 is 1.79 bits per heavy atom. The van der Waals surface area contributed by atoms with E-state index in [2.05, 4.69) is 16.0 Å². The van der Waals surface area contributed by atoms with Crippen LogP contribution < -0.4 is 20.7 Å². The third kappa shape index (κ3) is 9.36. The molecular weight excluding hydrogens is 509 g/mol. The number of amides is 2. The van der Waals surface area contributed by atoms with Gasteiger partial charge in [0.05, 0.1) is 11.7 Å². The Kier molecular flexibility index (Phi) is 10.1. The summed E-state index contributed by atoms with van der Waals surface area (Å²) in [6, 6.07) is 18.1. The number of ether oxygens (including phenoxy) is 2. The van der Waals surface area contributed by atoms with Crippen LogP contribution in [0.15, 0.2) is 66.7 Å². The topological polar surface area (TPSA) is 88.7 Å². The number of nitrogens with one attached hydrogen (secondary N) is 3. The molecule has 0 saturated carbocycles. The molecule has 1 atom stereocenters. The first-order valence-electron chi connectivity index (χ1n) is 12.3. The minimum absolute atomic E-state index is 0.251. The van der Waals surface area contributed by atoms with Crippen molar-refractivity contribution in [2.45, 2.75) is 52.3 Å². The molecule has 202 valence electrons. The van der Waals surface area contributed by atoms with E-state index in [1.807, 2.05) is 6.07 Å². The fourth-order valence-corrected chi connectivity index (χ4v) is 3.64. The number of rotatable bonds is 10. The summed E-state index contributed by atoms with van der Waals surface area (Å²) < 4.78 is 25.1. The minimum Gasteiger partial charge on any atom is -0.455 e. The zero-order valence-corrected chi connectivity index (χ0v) is 22.7. The van der Waals surface area contributed by atoms with E-state index in [-0.39, 0.29) is 18.3 Å². The molecule has 2 amide bonds. The second kappa shape index (κ2) is 13.3. The van der Waals surface area contributed by atoms with Crippen LogP contribution in [0.25, 0.3) is 0 Å². The average molecular weight is 542 g/mol. The van der Waals surface area contributed by atoms with E-state index in [0.717, 1.165) is 5.56 Å². The lowest BCUT2D eigenvalue weighted by molar-refractivity contribution is -0.117. The Morgan fingerprint density at radius 1 is 1.03 bits per heavy atom. The third-order valence-corrected chi connectivity index (χ3v) is 5.59. The van der Waals surface area contributed by atoms with Crippen molar-refractivity contribution < 1.29 is 23.5 Å². The van der Waals surface area contributed by atoms with Crippen molar-refractivity contribution in [2.24, 2.45) is 0 Å². The standard InChI is InChI=1S/C29H33ClFN3O4/c1-19(32-15-14-21-9-5-6-11-24(21)31)27(35)34-25-13-12-22(30)17-26(25)37-23-10-7-8-20(16-23)18-33-28(36)38-29(2,3)4/h5-13,16-17,19,32H,14-15,18H2,1-4H3,(H,33,36)(H,34,35). The van der Waals surface area contributed by atoms with E-state index < -0.39 is 17.7 Å². The van der Waals surface area contributed by atoms with Crippen LogP contribution in [0.2, 0.25) is 5.02 Å². The summed E-state index contributed by atoms with van der Waals surface area (Å²) in [6.45, 7) is 7.81. The summed E-state index contributed by atoms with van der Waals surface area (Å²) in [4.78, 5) is 24.8. The maximum Gasteiger partial charge on any atom is 0.407 e. The fraction of sp³-hybridized carbons (Fsp3) is 0.310. The molecule has 3 rings (SSSR count). The molecule has 0 radical (unpaired) electrons. The molecule has 0 bridgehead atoms. The predicted molar refractivity (Wildman–Crippen MR) is 147 cm³/mol. The molecule has 38 heavy (non-hydrogen) atoms. The van der Waals surface area contributed by atoms with Gasteiger partial charge in [0.2, 0.25) is 5.91 Å². The van der Waals surface area contributed by atoms with Gasteiger partial charge in [0.1, 0.15) is 17.2 Å². The quantitative estimate of drug-likeness (QED) is 0.274. The van der Waals surface area contributed by atoms with Gasteiger partial charge in [-0.2, -0.15) is 0 Å². The molecule has 0 fully saturated rings. The maximum atomic E-state index is 13.8. The van der Waals surface area contributed by atoms with Gasteiger partial charge in [-0.05, 0) is 75.6 Å². The van der Waals surface area contributed by atoms with Crippen molar-refractivity contribution in [3.05, 3.63) is 88.7 Å². The molecular formula is C29H33ClFN3O4. The largest absolute Gasteiger partial charge is 0.455 e. The highest BCUT2D eigenvalue weighted by molar-refractivity contribution is 6.30. The second-order valence-electron chi connectivity index (χ2n) is 9.75. The molecule has 0 saturated heterocycles. The SMILES string of the molecule is CC(NCCc1ccccc1F)C(=O)Nc1ccc(Cl)cc1Oc1cccc(CNC(=O)OC(C)(C)C)c1. The van der Waals surface area contributed by atoms with Gasteiger partial charge >= 0.3 is 6.09 Å². The highest BCUT2D eigenvalue weighted by Crippen LogP contribution is 2.33. The Hall–Kier alpha value is -3.62. The average Bonchev–Trinajstić information content (AvgIpc) is 2.84. The first-order valence-corrected chi connectivity index (χ1v) is 12.7. The Labute approximate surface area is 227 Å². The summed E-state index contributed by atoms with van der Waals surface area (Å²) >= 11 is 6.19. The predicted octanol–water partition coefficient (Wildman–Crippen LogP) is 6.46. The molecule has 1 unspecified atom stereocenters. The molecule has 9 heteroatoms. The summed E-state index contributed by atoms with van der Waals surface area (Å²) in [5, 5.41) is 9.13. The van der Waals surface area contributed by atoms with Crippen LogP contribution in [0.3, 0.4) is 0 Å². The van der Waals surface area contributed by atoms with Gasteiger partial charge in [0, 0.05) is 24.2 Å². The maximum absolute atomic E-state index is 13.8. The molecule has 7 nitrogen and oxygen atoms in total. The second-order valence-corrected chi connectivity index (χ2v) is 10.2. The Balaban J connectivity index is 1.60. The highest BCUT2D eigenvalue weighted by Gasteiger charge is 2.17. The van der Waals surface area contributed by atoms with Crippen LogP contribution in [0.5, 0.6) is 11.5 Å². The van der Waals surface area contributed by atoms with E-state index in [1.54, 1.807) is 82.3 Å². The smallest absolute Gasteiger partial charge is 0.407 e. The number of halogens is 2. The van der Waals surface area contributed by atoms with Gasteiger partial charge in [0.25, 0.3) is 0 Å². The first-order chi connectivity index (χ1) is 18.0. The molecule has 3 N–H and O–H groups in total. The summed E-state index contributed by atoms with van der Waals surface area (Å²) in [5.41, 5.74) is 1.24. The van der Waals surface area contributed by atoms with Crippen molar-refractivity contribution in [2.75, 3.05) is 11.9 Å². The molecule has 0 aromatic heterocycles. The Morgan fingerprint density at radius 3 is 2.53 bits per heavy atom. The van der Waals surface area contributed by atoms with Gasteiger partial charge in [-0.3, -0.25) is 4.79 Å². The number of anilines is 1. The lowest BCUT2D eigenvalue weighted by atomic mass is 10.1. The Bertz CT molecular complexity index is 1260. The molecule has 0 spiro atoms.